The lowest BCUT2D eigenvalue weighted by atomic mass is 10.2. The number of hydrogen-bond acceptors (Lipinski definition) is 3. The second kappa shape index (κ2) is 11.0. The van der Waals surface area contributed by atoms with Gasteiger partial charge in [0.2, 0.25) is 0 Å². The number of rotatable bonds is 10. The fourth-order valence-electron chi connectivity index (χ4n) is 2.27. The summed E-state index contributed by atoms with van der Waals surface area (Å²) < 4.78 is 11.1. The van der Waals surface area contributed by atoms with Crippen molar-refractivity contribution >= 4 is 6.03 Å². The molecular weight excluding hydrogens is 328 g/mol. The van der Waals surface area contributed by atoms with Gasteiger partial charge in [-0.25, -0.2) is 4.79 Å². The van der Waals surface area contributed by atoms with E-state index in [4.69, 9.17) is 9.47 Å². The van der Waals surface area contributed by atoms with E-state index in [-0.39, 0.29) is 6.03 Å². The molecule has 0 heterocycles. The van der Waals surface area contributed by atoms with E-state index in [0.717, 1.165) is 35.5 Å². The highest BCUT2D eigenvalue weighted by molar-refractivity contribution is 5.73. The van der Waals surface area contributed by atoms with Crippen LogP contribution in [0, 0.1) is 0 Å². The van der Waals surface area contributed by atoms with Gasteiger partial charge in [-0.05, 0) is 48.2 Å². The monoisotopic (exact) mass is 356 g/mol. The van der Waals surface area contributed by atoms with Gasteiger partial charge in [-0.2, -0.15) is 0 Å². The van der Waals surface area contributed by atoms with Gasteiger partial charge >= 0.3 is 6.03 Å². The van der Waals surface area contributed by atoms with Gasteiger partial charge in [0.15, 0.2) is 0 Å². The molecule has 2 aromatic carbocycles. The smallest absolute Gasteiger partial charge is 0.315 e. The predicted octanol–water partition coefficient (Wildman–Crippen LogP) is 4.26. The van der Waals surface area contributed by atoms with E-state index in [0.29, 0.717) is 26.3 Å². The van der Waals surface area contributed by atoms with E-state index >= 15 is 0 Å². The third-order valence-electron chi connectivity index (χ3n) is 3.70. The summed E-state index contributed by atoms with van der Waals surface area (Å²) in [6.45, 7) is 6.53. The van der Waals surface area contributed by atoms with Crippen molar-refractivity contribution in [1.82, 2.24) is 10.6 Å². The summed E-state index contributed by atoms with van der Waals surface area (Å²) in [5.41, 5.74) is 2.06. The Morgan fingerprint density at radius 2 is 1.12 bits per heavy atom. The number of nitrogens with one attached hydrogen (secondary N) is 2. The number of amides is 2. The summed E-state index contributed by atoms with van der Waals surface area (Å²) in [4.78, 5) is 11.9. The number of benzene rings is 2. The van der Waals surface area contributed by atoms with E-state index in [1.807, 2.05) is 48.5 Å². The van der Waals surface area contributed by atoms with Crippen LogP contribution in [0.2, 0.25) is 0 Å². The molecular formula is C21H28N2O3. The number of carbonyl (C=O) groups excluding carboxylic acids is 1. The zero-order valence-corrected chi connectivity index (χ0v) is 15.6. The van der Waals surface area contributed by atoms with Crippen LogP contribution in [0.1, 0.15) is 37.8 Å². The molecule has 140 valence electrons. The number of carbonyl (C=O) groups is 1. The Morgan fingerprint density at radius 1 is 0.731 bits per heavy atom. The average Bonchev–Trinajstić information content (AvgIpc) is 2.69. The summed E-state index contributed by atoms with van der Waals surface area (Å²) in [6, 6.07) is 15.3. The Bertz CT molecular complexity index is 596. The van der Waals surface area contributed by atoms with Crippen molar-refractivity contribution in [1.29, 1.82) is 0 Å². The Hall–Kier alpha value is -2.69. The first-order valence-electron chi connectivity index (χ1n) is 9.16. The quantitative estimate of drug-likeness (QED) is 0.668. The normalized spacial score (nSPS) is 10.2. The third-order valence-corrected chi connectivity index (χ3v) is 3.70. The van der Waals surface area contributed by atoms with Gasteiger partial charge in [-0.3, -0.25) is 0 Å². The minimum atomic E-state index is -0.192. The highest BCUT2D eigenvalue weighted by Gasteiger charge is 2.02. The van der Waals surface area contributed by atoms with Crippen LogP contribution in [-0.4, -0.2) is 19.2 Å². The van der Waals surface area contributed by atoms with E-state index in [2.05, 4.69) is 24.5 Å². The maximum Gasteiger partial charge on any atom is 0.315 e. The van der Waals surface area contributed by atoms with Crippen molar-refractivity contribution in [2.24, 2.45) is 0 Å². The molecule has 5 heteroatoms. The first-order chi connectivity index (χ1) is 12.7. The van der Waals surface area contributed by atoms with Gasteiger partial charge in [-0.15, -0.1) is 0 Å². The second-order valence-electron chi connectivity index (χ2n) is 6.02. The van der Waals surface area contributed by atoms with Crippen molar-refractivity contribution in [3.8, 4) is 11.5 Å². The molecule has 0 aliphatic heterocycles. The van der Waals surface area contributed by atoms with Gasteiger partial charge in [0.05, 0.1) is 13.2 Å². The maximum absolute atomic E-state index is 11.9. The fraction of sp³-hybridized carbons (Fsp3) is 0.381. The Morgan fingerprint density at radius 3 is 1.46 bits per heavy atom. The number of ether oxygens (including phenoxy) is 2. The SMILES string of the molecule is CCCOc1ccc(CNC(=O)NCc2ccc(OCCC)cc2)cc1. The molecule has 0 bridgehead atoms. The zero-order chi connectivity index (χ0) is 18.6. The molecule has 0 radical (unpaired) electrons. The third kappa shape index (κ3) is 7.05. The molecule has 2 rings (SSSR count). The largest absolute Gasteiger partial charge is 0.494 e. The summed E-state index contributed by atoms with van der Waals surface area (Å²) in [5, 5.41) is 5.71. The molecule has 0 aromatic heterocycles. The predicted molar refractivity (Wildman–Crippen MR) is 104 cm³/mol. The highest BCUT2D eigenvalue weighted by Crippen LogP contribution is 2.13. The molecule has 0 fully saturated rings. The average molecular weight is 356 g/mol. The Labute approximate surface area is 155 Å². The first-order valence-corrected chi connectivity index (χ1v) is 9.16. The Kier molecular flexibility index (Phi) is 8.33. The molecule has 0 atom stereocenters. The van der Waals surface area contributed by atoms with Crippen molar-refractivity contribution in [2.75, 3.05) is 13.2 Å². The molecule has 2 amide bonds. The zero-order valence-electron chi connectivity index (χ0n) is 15.6. The second-order valence-corrected chi connectivity index (χ2v) is 6.02. The van der Waals surface area contributed by atoms with Crippen molar-refractivity contribution in [2.45, 2.75) is 39.8 Å². The van der Waals surface area contributed by atoms with Crippen LogP contribution in [0.4, 0.5) is 4.79 Å². The molecule has 0 saturated heterocycles. The van der Waals surface area contributed by atoms with Crippen LogP contribution in [0.3, 0.4) is 0 Å². The molecule has 0 saturated carbocycles. The molecule has 2 aromatic rings. The molecule has 0 unspecified atom stereocenters. The molecule has 26 heavy (non-hydrogen) atoms. The van der Waals surface area contributed by atoms with Gasteiger partial charge in [0.1, 0.15) is 11.5 Å². The van der Waals surface area contributed by atoms with Crippen LogP contribution in [0.5, 0.6) is 11.5 Å². The highest BCUT2D eigenvalue weighted by atomic mass is 16.5. The molecule has 2 N–H and O–H groups in total. The van der Waals surface area contributed by atoms with Crippen molar-refractivity contribution < 1.29 is 14.3 Å². The molecule has 0 aliphatic rings. The summed E-state index contributed by atoms with van der Waals surface area (Å²) in [6.07, 6.45) is 1.97. The van der Waals surface area contributed by atoms with Crippen LogP contribution in [-0.2, 0) is 13.1 Å². The van der Waals surface area contributed by atoms with Crippen LogP contribution in [0.25, 0.3) is 0 Å². The van der Waals surface area contributed by atoms with Gasteiger partial charge in [0, 0.05) is 13.1 Å². The van der Waals surface area contributed by atoms with Crippen LogP contribution >= 0.6 is 0 Å². The standard InChI is InChI=1S/C21H28N2O3/c1-3-13-25-19-9-5-17(6-10-19)15-22-21(24)23-16-18-7-11-20(12-8-18)26-14-4-2/h5-12H,3-4,13-16H2,1-2H3,(H2,22,23,24). The van der Waals surface area contributed by atoms with Crippen molar-refractivity contribution in [3.63, 3.8) is 0 Å². The molecule has 5 nitrogen and oxygen atoms in total. The molecule has 0 spiro atoms. The van der Waals surface area contributed by atoms with E-state index < -0.39 is 0 Å². The lowest BCUT2D eigenvalue weighted by molar-refractivity contribution is 0.240. The maximum atomic E-state index is 11.9. The minimum Gasteiger partial charge on any atom is -0.494 e. The fourth-order valence-corrected chi connectivity index (χ4v) is 2.27. The van der Waals surface area contributed by atoms with E-state index in [1.165, 1.54) is 0 Å². The summed E-state index contributed by atoms with van der Waals surface area (Å²) in [5.74, 6) is 1.71. The van der Waals surface area contributed by atoms with E-state index in [1.54, 1.807) is 0 Å². The van der Waals surface area contributed by atoms with Gasteiger partial charge < -0.3 is 20.1 Å². The van der Waals surface area contributed by atoms with E-state index in [9.17, 15) is 4.79 Å². The lowest BCUT2D eigenvalue weighted by Crippen LogP contribution is -2.34. The lowest BCUT2D eigenvalue weighted by Gasteiger charge is -2.10. The van der Waals surface area contributed by atoms with Gasteiger partial charge in [0.25, 0.3) is 0 Å². The summed E-state index contributed by atoms with van der Waals surface area (Å²) >= 11 is 0. The van der Waals surface area contributed by atoms with Crippen molar-refractivity contribution in [3.05, 3.63) is 59.7 Å². The number of urea groups is 1. The summed E-state index contributed by atoms with van der Waals surface area (Å²) in [7, 11) is 0. The Balaban J connectivity index is 1.70. The first kappa shape index (κ1) is 19.6. The van der Waals surface area contributed by atoms with Crippen LogP contribution in [0.15, 0.2) is 48.5 Å². The topological polar surface area (TPSA) is 59.6 Å². The number of hydrogen-bond donors (Lipinski definition) is 2. The van der Waals surface area contributed by atoms with Crippen LogP contribution < -0.4 is 20.1 Å². The molecule has 0 aliphatic carbocycles. The minimum absolute atomic E-state index is 0.192. The van der Waals surface area contributed by atoms with Gasteiger partial charge in [-0.1, -0.05) is 38.1 Å².